The van der Waals surface area contributed by atoms with E-state index in [-0.39, 0.29) is 37.5 Å². The Balaban J connectivity index is 1.59. The summed E-state index contributed by atoms with van der Waals surface area (Å²) in [5.41, 5.74) is 1.92. The van der Waals surface area contributed by atoms with Crippen molar-refractivity contribution in [2.24, 2.45) is 11.8 Å². The zero-order chi connectivity index (χ0) is 68.3. The number of rotatable bonds is 15. The van der Waals surface area contributed by atoms with Crippen LogP contribution < -0.4 is 31.9 Å². The van der Waals surface area contributed by atoms with Gasteiger partial charge in [-0.1, -0.05) is 119 Å². The third-order valence-corrected chi connectivity index (χ3v) is 17.1. The Hall–Kier alpha value is -8.74. The van der Waals surface area contributed by atoms with Crippen LogP contribution in [0.3, 0.4) is 0 Å². The van der Waals surface area contributed by atoms with Gasteiger partial charge < -0.3 is 66.4 Å². The maximum absolute atomic E-state index is 15.2. The predicted octanol–water partition coefficient (Wildman–Crippen LogP) is 0.948. The fourth-order valence-corrected chi connectivity index (χ4v) is 11.3. The molecule has 7 N–H and O–H groups in total. The molecule has 0 radical (unpaired) electrons. The zero-order valence-electron chi connectivity index (χ0n) is 55.5. The molecule has 0 aromatic heterocycles. The average Bonchev–Trinajstić information content (AvgIpc) is 0.862. The fraction of sp³-hybridized carbons (Fsp3) is 0.552. The minimum Gasteiger partial charge on any atom is -0.391 e. The summed E-state index contributed by atoms with van der Waals surface area (Å²) in [5, 5.41) is 26.7. The number of aliphatic hydroxyl groups is 1. The predicted molar refractivity (Wildman–Crippen MR) is 344 cm³/mol. The van der Waals surface area contributed by atoms with Crippen LogP contribution >= 0.6 is 0 Å². The number of likely N-dealkylation sites (N-methyl/N-ethyl adjacent to an activating group) is 5. The lowest BCUT2D eigenvalue weighted by Crippen LogP contribution is -2.62. The first-order chi connectivity index (χ1) is 43.4. The van der Waals surface area contributed by atoms with E-state index in [1.54, 1.807) is 117 Å². The van der Waals surface area contributed by atoms with Gasteiger partial charge in [-0.3, -0.25) is 57.5 Å². The topological polar surface area (TPSA) is 317 Å². The van der Waals surface area contributed by atoms with E-state index in [4.69, 9.17) is 0 Å². The molecule has 502 valence electrons. The molecule has 2 aliphatic rings. The highest BCUT2D eigenvalue weighted by Gasteiger charge is 2.43. The summed E-state index contributed by atoms with van der Waals surface area (Å²) in [5.74, 6) is -10.3. The molecule has 0 bridgehead atoms. The van der Waals surface area contributed by atoms with Crippen molar-refractivity contribution in [1.29, 1.82) is 0 Å². The maximum atomic E-state index is 15.2. The minimum absolute atomic E-state index is 0.0408. The molecule has 3 aromatic rings. The molecular formula is C67H96N12O13. The molecule has 25 nitrogen and oxygen atoms in total. The lowest BCUT2D eigenvalue weighted by Gasteiger charge is -2.38. The lowest BCUT2D eigenvalue weighted by molar-refractivity contribution is -0.151. The van der Waals surface area contributed by atoms with Gasteiger partial charge in [-0.2, -0.15) is 0 Å². The molecule has 3 aromatic carbocycles. The van der Waals surface area contributed by atoms with Crippen molar-refractivity contribution < 1.29 is 62.6 Å². The van der Waals surface area contributed by atoms with Gasteiger partial charge in [-0.25, -0.2) is 0 Å². The molecule has 25 heteroatoms. The molecule has 12 amide bonds. The molecule has 5 rings (SSSR count). The molecule has 92 heavy (non-hydrogen) atoms. The van der Waals surface area contributed by atoms with Crippen LogP contribution in [0.2, 0.25) is 0 Å². The first-order valence-electron chi connectivity index (χ1n) is 31.6. The number of hydrogen-bond acceptors (Lipinski definition) is 13. The Morgan fingerprint density at radius 2 is 1.08 bits per heavy atom. The van der Waals surface area contributed by atoms with E-state index in [2.05, 4.69) is 31.9 Å². The molecule has 0 saturated carbocycles. The fourth-order valence-electron chi connectivity index (χ4n) is 11.3. The zero-order valence-corrected chi connectivity index (χ0v) is 55.5. The summed E-state index contributed by atoms with van der Waals surface area (Å²) < 4.78 is 0. The molecule has 2 saturated heterocycles. The first kappa shape index (κ1) is 74.0. The summed E-state index contributed by atoms with van der Waals surface area (Å²) in [6, 6.07) is 12.6. The van der Waals surface area contributed by atoms with Crippen LogP contribution in [0.25, 0.3) is 0 Å². The number of nitrogens with one attached hydrogen (secondary N) is 6. The Morgan fingerprint density at radius 3 is 1.61 bits per heavy atom. The molecule has 2 aliphatic heterocycles. The molecule has 2 fully saturated rings. The number of hydrogen-bond donors (Lipinski definition) is 7. The lowest BCUT2D eigenvalue weighted by atomic mass is 9.96. The van der Waals surface area contributed by atoms with E-state index in [0.29, 0.717) is 29.8 Å². The summed E-state index contributed by atoms with van der Waals surface area (Å²) in [7, 11) is 6.76. The number of carbonyl (C=O) groups is 12. The van der Waals surface area contributed by atoms with Crippen molar-refractivity contribution >= 4 is 70.9 Å². The van der Waals surface area contributed by atoms with Crippen LogP contribution in [-0.4, -0.2) is 227 Å². The van der Waals surface area contributed by atoms with Crippen LogP contribution in [0.15, 0.2) is 91.0 Å². The number of likely N-dealkylation sites (tertiary alicyclic amines) is 1. The van der Waals surface area contributed by atoms with Crippen LogP contribution in [0.1, 0.15) is 104 Å². The average molecular weight is 1280 g/mol. The van der Waals surface area contributed by atoms with Gasteiger partial charge in [0.25, 0.3) is 0 Å². The normalized spacial score (nSPS) is 23.9. The quantitative estimate of drug-likeness (QED) is 0.112. The number of piperidine rings is 1. The van der Waals surface area contributed by atoms with E-state index in [1.165, 1.54) is 65.8 Å². The molecule has 2 heterocycles. The Bertz CT molecular complexity index is 3060. The Labute approximate surface area is 540 Å². The third-order valence-electron chi connectivity index (χ3n) is 17.1. The minimum atomic E-state index is -1.79. The monoisotopic (exact) mass is 1280 g/mol. The maximum Gasteiger partial charge on any atom is 0.248 e. The number of carbonyl (C=O) groups excluding carboxylic acids is 12. The van der Waals surface area contributed by atoms with E-state index >= 15 is 14.4 Å². The van der Waals surface area contributed by atoms with Crippen LogP contribution in [0.4, 0.5) is 0 Å². The van der Waals surface area contributed by atoms with Crippen molar-refractivity contribution in [2.45, 2.75) is 173 Å². The van der Waals surface area contributed by atoms with E-state index in [9.17, 15) is 48.3 Å². The van der Waals surface area contributed by atoms with Gasteiger partial charge >= 0.3 is 0 Å². The van der Waals surface area contributed by atoms with Crippen molar-refractivity contribution in [3.05, 3.63) is 108 Å². The SMILES string of the molecule is CC(C)C[C@H]1C(=O)NCC(=O)N[C@H](C(=O)N(C)[C@@H](Cc2ccccc2)C(=O)N[C@@H](C)C(=O)N2CCCCC2)CC(=O)N[C@H](C)C(=O)N[C@@H]([C@@H](C)O)C(=O)N(C)[C@@H](C)C(=O)N(C)[C@@H](Cc2ccccc2)C(=O)N[C@@H](C(C)C)C(=O)N(C)[C@@H](Cc2ccccc2)C(=O)N1C. The first-order valence-corrected chi connectivity index (χ1v) is 31.6. The van der Waals surface area contributed by atoms with Crippen molar-refractivity contribution in [3.8, 4) is 0 Å². The van der Waals surface area contributed by atoms with Crippen LogP contribution in [0.5, 0.6) is 0 Å². The van der Waals surface area contributed by atoms with E-state index in [0.717, 1.165) is 34.0 Å². The van der Waals surface area contributed by atoms with Gasteiger partial charge in [0.1, 0.15) is 60.4 Å². The van der Waals surface area contributed by atoms with E-state index < -0.39 is 150 Å². The van der Waals surface area contributed by atoms with Gasteiger partial charge in [0.15, 0.2) is 0 Å². The molecule has 11 atom stereocenters. The summed E-state index contributed by atoms with van der Waals surface area (Å²) in [6.07, 6.45) is 0.0274. The van der Waals surface area contributed by atoms with Gasteiger partial charge in [0.2, 0.25) is 70.9 Å². The highest BCUT2D eigenvalue weighted by atomic mass is 16.3. The van der Waals surface area contributed by atoms with Gasteiger partial charge in [0.05, 0.1) is 19.1 Å². The van der Waals surface area contributed by atoms with Crippen molar-refractivity contribution in [1.82, 2.24) is 61.3 Å². The highest BCUT2D eigenvalue weighted by molar-refractivity contribution is 6.00. The summed E-state index contributed by atoms with van der Waals surface area (Å²) in [6.45, 7) is 12.7. The van der Waals surface area contributed by atoms with Gasteiger partial charge in [0, 0.05) is 67.6 Å². The Kier molecular flexibility index (Phi) is 27.8. The second-order valence-corrected chi connectivity index (χ2v) is 25.1. The van der Waals surface area contributed by atoms with Crippen LogP contribution in [-0.2, 0) is 76.8 Å². The van der Waals surface area contributed by atoms with Crippen molar-refractivity contribution in [2.75, 3.05) is 54.9 Å². The second-order valence-electron chi connectivity index (χ2n) is 25.1. The number of nitrogens with zero attached hydrogens (tertiary/aromatic N) is 6. The standard InChI is InChI=1S/C67H96N12O13/c1-40(2)34-50-59(84)68-39-55(82)71-49(64(89)76(11)51(35-46-26-18-14-19-27-46)60(85)70-43(6)62(87)79-32-24-17-25-33-79)38-54(81)69-42(5)58(83)73-57(45(8)80)67(92)74(9)44(7)63(88)75(10)52(36-47-28-20-15-21-29-47)61(86)72-56(41(3)4)66(91)78(13)53(65(90)77(50)12)37-48-30-22-16-23-31-48/h14-16,18-23,26-31,40-45,49-53,56-57,80H,17,24-25,32-39H2,1-13H3,(H,68,84)(H,69,81)(H,70,85)(H,71,82)(H,72,86)(H,73,83)/t42-,43+,44+,45-,49+,50+,51+,52+,53+,56+,57+/m1/s1. The van der Waals surface area contributed by atoms with Crippen LogP contribution in [0, 0.1) is 11.8 Å². The number of aliphatic hydroxyl groups excluding tert-OH is 1. The molecule has 0 unspecified atom stereocenters. The Morgan fingerprint density at radius 1 is 0.576 bits per heavy atom. The molecule has 0 spiro atoms. The largest absolute Gasteiger partial charge is 0.391 e. The smallest absolute Gasteiger partial charge is 0.248 e. The van der Waals surface area contributed by atoms with Gasteiger partial charge in [-0.15, -0.1) is 0 Å². The van der Waals surface area contributed by atoms with Crippen molar-refractivity contribution in [3.63, 3.8) is 0 Å². The summed E-state index contributed by atoms with van der Waals surface area (Å²) in [4.78, 5) is 181. The molecule has 0 aliphatic carbocycles. The van der Waals surface area contributed by atoms with E-state index in [1.807, 2.05) is 13.8 Å². The number of amides is 12. The molecular weight excluding hydrogens is 1180 g/mol. The second kappa shape index (κ2) is 34.6. The summed E-state index contributed by atoms with van der Waals surface area (Å²) >= 11 is 0. The third kappa shape index (κ3) is 20.4. The highest BCUT2D eigenvalue weighted by Crippen LogP contribution is 2.21. The number of benzene rings is 3. The van der Waals surface area contributed by atoms with Gasteiger partial charge in [-0.05, 0) is 81.9 Å².